The lowest BCUT2D eigenvalue weighted by molar-refractivity contribution is -0.137. The van der Waals surface area contributed by atoms with E-state index in [1.54, 1.807) is 6.07 Å². The molecule has 0 aromatic heterocycles. The first kappa shape index (κ1) is 28.2. The Bertz CT molecular complexity index is 1780. The summed E-state index contributed by atoms with van der Waals surface area (Å²) in [4.78, 5) is -0.649. The molecule has 1 N–H and O–H groups in total. The van der Waals surface area contributed by atoms with Gasteiger partial charge >= 0.3 is 16.3 Å². The second-order valence-corrected chi connectivity index (χ2v) is 12.8. The van der Waals surface area contributed by atoms with Crippen molar-refractivity contribution >= 4 is 54.7 Å². The Hall–Kier alpha value is -3.29. The molecule has 1 atom stereocenters. The zero-order chi connectivity index (χ0) is 28.9. The molecule has 1 aliphatic heterocycles. The van der Waals surface area contributed by atoms with Gasteiger partial charge in [-0.2, -0.15) is 21.6 Å². The van der Waals surface area contributed by atoms with Crippen LogP contribution in [-0.4, -0.2) is 16.8 Å². The first-order valence-corrected chi connectivity index (χ1v) is 14.9. The fourth-order valence-electron chi connectivity index (χ4n) is 4.16. The average molecular weight is 629 g/mol. The molecule has 14 heteroatoms. The molecule has 0 aliphatic carbocycles. The fraction of sp³-hybridized carbons (Fsp3) is 0.0769. The van der Waals surface area contributed by atoms with Crippen LogP contribution in [0.3, 0.4) is 0 Å². The van der Waals surface area contributed by atoms with Gasteiger partial charge in [-0.05, 0) is 72.8 Å². The molecule has 0 saturated heterocycles. The van der Waals surface area contributed by atoms with E-state index in [1.165, 1.54) is 54.6 Å². The highest BCUT2D eigenvalue weighted by Crippen LogP contribution is 2.50. The van der Waals surface area contributed by atoms with Crippen LogP contribution in [0.1, 0.15) is 11.1 Å². The van der Waals surface area contributed by atoms with Gasteiger partial charge in [0.05, 0.1) is 26.7 Å². The minimum absolute atomic E-state index is 0.0105. The normalized spacial score (nSPS) is 17.4. The molecule has 7 nitrogen and oxygen atoms in total. The summed E-state index contributed by atoms with van der Waals surface area (Å²) in [5.74, 6) is -2.58. The molecule has 40 heavy (non-hydrogen) atoms. The lowest BCUT2D eigenvalue weighted by Crippen LogP contribution is -2.54. The number of nitrogens with zero attached hydrogens (tertiary/aromatic N) is 1. The molecule has 0 amide bonds. The van der Waals surface area contributed by atoms with E-state index in [-0.39, 0.29) is 36.8 Å². The number of para-hydroxylation sites is 2. The Morgan fingerprint density at radius 3 is 1.80 bits per heavy atom. The van der Waals surface area contributed by atoms with E-state index in [2.05, 4.69) is 5.32 Å². The van der Waals surface area contributed by atoms with E-state index < -0.39 is 37.7 Å². The third-order valence-electron chi connectivity index (χ3n) is 6.00. The highest BCUT2D eigenvalue weighted by Gasteiger charge is 2.55. The standard InChI is InChI=1S/C26H17Cl2F3N2O5S2/c27-19-9-13-21(14-10-19)39(34,35)33-24-4-2-1-3-23(24)32-26(33,18-7-5-17(6-8-18)25(29,30)31)38-40(36,37)22-15-11-20(28)12-16-22/h1-16,32H. The number of benzene rings is 4. The maximum atomic E-state index is 14.2. The maximum absolute atomic E-state index is 14.2. The lowest BCUT2D eigenvalue weighted by atomic mass is 10.1. The second-order valence-electron chi connectivity index (χ2n) is 8.58. The predicted molar refractivity (Wildman–Crippen MR) is 144 cm³/mol. The number of nitrogens with one attached hydrogen (secondary N) is 1. The van der Waals surface area contributed by atoms with Crippen molar-refractivity contribution < 1.29 is 34.2 Å². The van der Waals surface area contributed by atoms with Crippen molar-refractivity contribution in [3.63, 3.8) is 0 Å². The van der Waals surface area contributed by atoms with Crippen molar-refractivity contribution in [2.45, 2.75) is 21.8 Å². The van der Waals surface area contributed by atoms with E-state index in [0.29, 0.717) is 16.4 Å². The van der Waals surface area contributed by atoms with Crippen molar-refractivity contribution in [1.29, 1.82) is 0 Å². The van der Waals surface area contributed by atoms with Crippen LogP contribution in [0.15, 0.2) is 107 Å². The van der Waals surface area contributed by atoms with Gasteiger partial charge in [-0.25, -0.2) is 16.9 Å². The Morgan fingerprint density at radius 2 is 1.25 bits per heavy atom. The number of anilines is 2. The van der Waals surface area contributed by atoms with Crippen LogP contribution >= 0.6 is 23.2 Å². The van der Waals surface area contributed by atoms with Gasteiger partial charge in [-0.15, -0.1) is 0 Å². The molecule has 1 heterocycles. The van der Waals surface area contributed by atoms with Gasteiger partial charge in [-0.3, -0.25) is 0 Å². The first-order valence-electron chi connectivity index (χ1n) is 11.3. The van der Waals surface area contributed by atoms with E-state index in [9.17, 15) is 30.0 Å². The van der Waals surface area contributed by atoms with Gasteiger partial charge in [0.2, 0.25) is 0 Å². The largest absolute Gasteiger partial charge is 0.416 e. The monoisotopic (exact) mass is 628 g/mol. The smallest absolute Gasteiger partial charge is 0.333 e. The topological polar surface area (TPSA) is 92.8 Å². The van der Waals surface area contributed by atoms with Crippen LogP contribution in [-0.2, 0) is 36.3 Å². The van der Waals surface area contributed by atoms with Crippen LogP contribution in [0.5, 0.6) is 0 Å². The molecule has 0 radical (unpaired) electrons. The minimum atomic E-state index is -4.78. The summed E-state index contributed by atoms with van der Waals surface area (Å²) in [6.45, 7) is 0. The molecule has 0 bridgehead atoms. The van der Waals surface area contributed by atoms with E-state index in [0.717, 1.165) is 24.3 Å². The van der Waals surface area contributed by atoms with E-state index in [4.69, 9.17) is 27.4 Å². The molecule has 208 valence electrons. The van der Waals surface area contributed by atoms with Gasteiger partial charge in [0, 0.05) is 15.6 Å². The van der Waals surface area contributed by atoms with Gasteiger partial charge in [-0.1, -0.05) is 47.5 Å². The quantitative estimate of drug-likeness (QED) is 0.235. The third-order valence-corrected chi connectivity index (χ3v) is 9.62. The second kappa shape index (κ2) is 9.96. The first-order chi connectivity index (χ1) is 18.7. The van der Waals surface area contributed by atoms with Crippen molar-refractivity contribution in [3.8, 4) is 0 Å². The van der Waals surface area contributed by atoms with Crippen LogP contribution in [0, 0.1) is 0 Å². The number of hydrogen-bond donors (Lipinski definition) is 1. The summed E-state index contributed by atoms with van der Waals surface area (Å²) in [6.07, 6.45) is -4.71. The zero-order valence-corrected chi connectivity index (χ0v) is 23.1. The zero-order valence-electron chi connectivity index (χ0n) is 19.9. The molecule has 0 spiro atoms. The molecule has 4 aromatic rings. The molecule has 5 rings (SSSR count). The van der Waals surface area contributed by atoms with Crippen molar-refractivity contribution in [3.05, 3.63) is 118 Å². The average Bonchev–Trinajstić information content (AvgIpc) is 3.23. The van der Waals surface area contributed by atoms with Gasteiger partial charge in [0.1, 0.15) is 0 Å². The summed E-state index contributed by atoms with van der Waals surface area (Å²) in [5, 5.41) is 3.29. The van der Waals surface area contributed by atoms with Crippen molar-refractivity contribution in [1.82, 2.24) is 0 Å². The third kappa shape index (κ3) is 5.01. The molecule has 1 unspecified atom stereocenters. The van der Waals surface area contributed by atoms with Crippen LogP contribution in [0.4, 0.5) is 24.5 Å². The fourth-order valence-corrected chi connectivity index (χ4v) is 7.19. The summed E-state index contributed by atoms with van der Waals surface area (Å²) < 4.78 is 102. The summed E-state index contributed by atoms with van der Waals surface area (Å²) >= 11 is 11.8. The summed E-state index contributed by atoms with van der Waals surface area (Å²) in [6, 6.07) is 19.2. The highest BCUT2D eigenvalue weighted by molar-refractivity contribution is 7.93. The Labute approximate surface area is 237 Å². The lowest BCUT2D eigenvalue weighted by Gasteiger charge is -2.38. The van der Waals surface area contributed by atoms with Crippen LogP contribution in [0.25, 0.3) is 0 Å². The van der Waals surface area contributed by atoms with E-state index >= 15 is 0 Å². The highest BCUT2D eigenvalue weighted by atomic mass is 35.5. The molecule has 1 aliphatic rings. The number of hydrogen-bond acceptors (Lipinski definition) is 6. The van der Waals surface area contributed by atoms with Gasteiger partial charge in [0.25, 0.3) is 15.9 Å². The van der Waals surface area contributed by atoms with E-state index in [1.807, 2.05) is 0 Å². The Morgan fingerprint density at radius 1 is 0.725 bits per heavy atom. The Balaban J connectivity index is 1.77. The molecular formula is C26H17Cl2F3N2O5S2. The van der Waals surface area contributed by atoms with Gasteiger partial charge < -0.3 is 5.32 Å². The number of halogens is 5. The summed E-state index contributed by atoms with van der Waals surface area (Å²) in [5.41, 5.74) is -1.14. The van der Waals surface area contributed by atoms with Crippen LogP contribution < -0.4 is 9.62 Å². The van der Waals surface area contributed by atoms with Crippen LogP contribution in [0.2, 0.25) is 10.0 Å². The SMILES string of the molecule is O=S(=O)(OC1(c2ccc(C(F)(F)F)cc2)Nc2ccccc2N1S(=O)(=O)c1ccc(Cl)cc1)c1ccc(Cl)cc1. The molecule has 4 aromatic carbocycles. The summed E-state index contributed by atoms with van der Waals surface area (Å²) in [7, 11) is -9.42. The number of fused-ring (bicyclic) bond motifs is 1. The number of rotatable bonds is 6. The van der Waals surface area contributed by atoms with Crippen molar-refractivity contribution in [2.24, 2.45) is 0 Å². The molecule has 0 saturated carbocycles. The maximum Gasteiger partial charge on any atom is 0.416 e. The van der Waals surface area contributed by atoms with Gasteiger partial charge in [0.15, 0.2) is 0 Å². The van der Waals surface area contributed by atoms with Crippen molar-refractivity contribution in [2.75, 3.05) is 9.62 Å². The Kier molecular flexibility index (Phi) is 7.04. The predicted octanol–water partition coefficient (Wildman–Crippen LogP) is 6.85. The number of alkyl halides is 3. The minimum Gasteiger partial charge on any atom is -0.333 e. The molecular weight excluding hydrogens is 612 g/mol. The number of sulfonamides is 1. The molecule has 0 fully saturated rings.